The van der Waals surface area contributed by atoms with Crippen molar-refractivity contribution < 1.29 is 28.8 Å². The lowest BCUT2D eigenvalue weighted by Crippen LogP contribution is -2.15. The zero-order valence-corrected chi connectivity index (χ0v) is 21.9. The molecule has 0 amide bonds. The van der Waals surface area contributed by atoms with Crippen LogP contribution in [-0.4, -0.2) is 40.9 Å². The molecule has 0 saturated carbocycles. The van der Waals surface area contributed by atoms with Crippen LogP contribution in [0.4, 0.5) is 0 Å². The highest BCUT2D eigenvalue weighted by Crippen LogP contribution is 2.41. The van der Waals surface area contributed by atoms with Gasteiger partial charge < -0.3 is 24.1 Å². The van der Waals surface area contributed by atoms with Crippen LogP contribution >= 0.6 is 11.3 Å². The summed E-state index contributed by atoms with van der Waals surface area (Å²) < 4.78 is 22.9. The number of pyridine rings is 1. The smallest absolute Gasteiger partial charge is 0.341 e. The van der Waals surface area contributed by atoms with Gasteiger partial charge >= 0.3 is 5.97 Å². The number of aliphatic carboxylic acids is 1. The lowest BCUT2D eigenvalue weighted by Gasteiger charge is -2.18. The van der Waals surface area contributed by atoms with E-state index in [0.29, 0.717) is 30.5 Å². The van der Waals surface area contributed by atoms with Gasteiger partial charge in [-0.1, -0.05) is 18.2 Å². The van der Waals surface area contributed by atoms with Crippen molar-refractivity contribution in [2.75, 3.05) is 19.8 Å². The summed E-state index contributed by atoms with van der Waals surface area (Å²) >= 11 is 1.55. The monoisotopic (exact) mass is 540 g/mol. The molecule has 3 heterocycles. The van der Waals surface area contributed by atoms with Gasteiger partial charge in [0.05, 0.1) is 16.1 Å². The predicted octanol–water partition coefficient (Wildman–Crippen LogP) is 6.15. The lowest BCUT2D eigenvalue weighted by molar-refractivity contribution is -0.139. The van der Waals surface area contributed by atoms with Crippen LogP contribution in [0.25, 0.3) is 32.6 Å². The maximum Gasteiger partial charge on any atom is 0.341 e. The first kappa shape index (κ1) is 24.7. The number of fused-ring (bicyclic) bond motifs is 2. The molecule has 5 aromatic rings. The van der Waals surface area contributed by atoms with Gasteiger partial charge in [0.15, 0.2) is 18.1 Å². The quantitative estimate of drug-likeness (QED) is 0.250. The van der Waals surface area contributed by atoms with Gasteiger partial charge in [0, 0.05) is 22.7 Å². The largest absolute Gasteiger partial charge is 0.486 e. The van der Waals surface area contributed by atoms with Crippen LogP contribution in [0.5, 0.6) is 23.0 Å². The number of aromatic nitrogens is 2. The number of rotatable bonds is 8. The number of aryl methyl sites for hydroxylation is 1. The second-order valence-corrected chi connectivity index (χ2v) is 10.0. The Labute approximate surface area is 228 Å². The van der Waals surface area contributed by atoms with E-state index in [1.54, 1.807) is 23.5 Å². The van der Waals surface area contributed by atoms with Gasteiger partial charge in [0.2, 0.25) is 0 Å². The molecule has 9 heteroatoms. The van der Waals surface area contributed by atoms with Crippen LogP contribution in [0.15, 0.2) is 72.9 Å². The molecule has 3 aromatic carbocycles. The molecule has 1 aliphatic rings. The average molecular weight is 541 g/mol. The summed E-state index contributed by atoms with van der Waals surface area (Å²) in [7, 11) is 0. The van der Waals surface area contributed by atoms with E-state index in [-0.39, 0.29) is 6.61 Å². The minimum absolute atomic E-state index is 0.262. The Hall–Kier alpha value is -4.63. The zero-order valence-electron chi connectivity index (χ0n) is 21.0. The van der Waals surface area contributed by atoms with Gasteiger partial charge in [-0.3, -0.25) is 4.98 Å². The number of hydrogen-bond acceptors (Lipinski definition) is 8. The number of thiazole rings is 1. The SMILES string of the molecule is Cc1cc(OCc2nc(-c3ccc4c(c3)OCCO4)c(-c3cnc4ccccc4c3)s2)ccc1OCC(=O)O. The molecule has 0 aliphatic carbocycles. The number of carbonyl (C=O) groups is 1. The molecular weight excluding hydrogens is 516 g/mol. The third-order valence-electron chi connectivity index (χ3n) is 6.20. The second kappa shape index (κ2) is 10.6. The highest BCUT2D eigenvalue weighted by molar-refractivity contribution is 7.15. The predicted molar refractivity (Wildman–Crippen MR) is 148 cm³/mol. The molecule has 0 atom stereocenters. The first-order valence-corrected chi connectivity index (χ1v) is 13.2. The maximum absolute atomic E-state index is 10.8. The summed E-state index contributed by atoms with van der Waals surface area (Å²) in [5.74, 6) is 1.55. The van der Waals surface area contributed by atoms with Crippen molar-refractivity contribution in [3.05, 3.63) is 83.5 Å². The first-order valence-electron chi connectivity index (χ1n) is 12.4. The number of hydrogen-bond donors (Lipinski definition) is 1. The maximum atomic E-state index is 10.8. The van der Waals surface area contributed by atoms with Gasteiger partial charge in [0.1, 0.15) is 36.3 Å². The van der Waals surface area contributed by atoms with E-state index in [9.17, 15) is 4.79 Å². The van der Waals surface area contributed by atoms with Crippen LogP contribution in [-0.2, 0) is 11.4 Å². The van der Waals surface area contributed by atoms with Gasteiger partial charge in [-0.2, -0.15) is 0 Å². The van der Waals surface area contributed by atoms with Crippen LogP contribution in [0.2, 0.25) is 0 Å². The normalized spacial score (nSPS) is 12.3. The van der Waals surface area contributed by atoms with Crippen LogP contribution < -0.4 is 18.9 Å². The summed E-state index contributed by atoms with van der Waals surface area (Å²) in [5.41, 5.74) is 4.43. The van der Waals surface area contributed by atoms with Crippen LogP contribution in [0, 0.1) is 6.92 Å². The standard InChI is InChI=1S/C30H24N2O6S/c1-18-12-22(7-9-24(18)38-17-28(33)34)37-16-27-32-29(20-6-8-25-26(14-20)36-11-10-35-25)30(39-27)21-13-19-4-2-3-5-23(19)31-15-21/h2-9,12-15H,10-11,16-17H2,1H3,(H,33,34). The third-order valence-corrected chi connectivity index (χ3v) is 7.28. The molecule has 0 saturated heterocycles. The number of carboxylic acid groups (broad SMARTS) is 1. The fourth-order valence-corrected chi connectivity index (χ4v) is 5.34. The van der Waals surface area contributed by atoms with Crippen molar-refractivity contribution in [2.24, 2.45) is 0 Å². The first-order chi connectivity index (χ1) is 19.0. The van der Waals surface area contributed by atoms with E-state index in [1.807, 2.05) is 61.7 Å². The number of nitrogens with zero attached hydrogens (tertiary/aromatic N) is 2. The van der Waals surface area contributed by atoms with Crippen LogP contribution in [0.1, 0.15) is 10.6 Å². The van der Waals surface area contributed by atoms with Crippen molar-refractivity contribution in [3.8, 4) is 44.7 Å². The van der Waals surface area contributed by atoms with Crippen molar-refractivity contribution in [2.45, 2.75) is 13.5 Å². The number of benzene rings is 3. The molecular formula is C30H24N2O6S. The van der Waals surface area contributed by atoms with E-state index >= 15 is 0 Å². The number of para-hydroxylation sites is 1. The van der Waals surface area contributed by atoms with Crippen molar-refractivity contribution in [1.82, 2.24) is 9.97 Å². The van der Waals surface area contributed by atoms with E-state index < -0.39 is 12.6 Å². The molecule has 0 radical (unpaired) electrons. The Kier molecular flexibility index (Phi) is 6.73. The molecule has 196 valence electrons. The summed E-state index contributed by atoms with van der Waals surface area (Å²) in [5, 5.41) is 10.7. The average Bonchev–Trinajstić information content (AvgIpc) is 3.39. The molecule has 1 N–H and O–H groups in total. The molecule has 2 aromatic heterocycles. The Morgan fingerprint density at radius 3 is 2.67 bits per heavy atom. The summed E-state index contributed by atoms with van der Waals surface area (Å²) in [4.78, 5) is 21.4. The summed E-state index contributed by atoms with van der Waals surface area (Å²) in [6, 6.07) is 21.3. The highest BCUT2D eigenvalue weighted by atomic mass is 32.1. The van der Waals surface area contributed by atoms with E-state index in [4.69, 9.17) is 29.0 Å². The molecule has 0 spiro atoms. The van der Waals surface area contributed by atoms with Crippen molar-refractivity contribution in [1.29, 1.82) is 0 Å². The summed E-state index contributed by atoms with van der Waals surface area (Å²) in [6.45, 7) is 2.75. The second-order valence-electron chi connectivity index (χ2n) is 8.96. The molecule has 0 bridgehead atoms. The molecule has 39 heavy (non-hydrogen) atoms. The number of ether oxygens (including phenoxy) is 4. The van der Waals surface area contributed by atoms with Gasteiger partial charge in [-0.05, 0) is 61.0 Å². The highest BCUT2D eigenvalue weighted by Gasteiger charge is 2.20. The van der Waals surface area contributed by atoms with Crippen molar-refractivity contribution >= 4 is 28.2 Å². The van der Waals surface area contributed by atoms with E-state index in [1.165, 1.54) is 0 Å². The van der Waals surface area contributed by atoms with E-state index in [0.717, 1.165) is 48.9 Å². The fraction of sp³-hybridized carbons (Fsp3) is 0.167. The third kappa shape index (κ3) is 5.35. The minimum atomic E-state index is -1.02. The zero-order chi connectivity index (χ0) is 26.8. The Balaban J connectivity index is 1.32. The molecule has 1 aliphatic heterocycles. The molecule has 6 rings (SSSR count). The molecule has 0 unspecified atom stereocenters. The summed E-state index contributed by atoms with van der Waals surface area (Å²) in [6.07, 6.45) is 1.88. The Bertz CT molecular complexity index is 1680. The van der Waals surface area contributed by atoms with Gasteiger partial charge in [0.25, 0.3) is 0 Å². The van der Waals surface area contributed by atoms with Gasteiger partial charge in [-0.25, -0.2) is 9.78 Å². The van der Waals surface area contributed by atoms with Crippen molar-refractivity contribution in [3.63, 3.8) is 0 Å². The minimum Gasteiger partial charge on any atom is -0.486 e. The Morgan fingerprint density at radius 1 is 0.974 bits per heavy atom. The number of carboxylic acids is 1. The fourth-order valence-electron chi connectivity index (χ4n) is 4.36. The molecule has 0 fully saturated rings. The lowest BCUT2D eigenvalue weighted by atomic mass is 10.1. The topological polar surface area (TPSA) is 100 Å². The van der Waals surface area contributed by atoms with Crippen LogP contribution in [0.3, 0.4) is 0 Å². The Morgan fingerprint density at radius 2 is 1.82 bits per heavy atom. The van der Waals surface area contributed by atoms with E-state index in [2.05, 4.69) is 11.1 Å². The van der Waals surface area contributed by atoms with Gasteiger partial charge in [-0.15, -0.1) is 11.3 Å². The molecule has 8 nitrogen and oxygen atoms in total.